The summed E-state index contributed by atoms with van der Waals surface area (Å²) >= 11 is 0. The van der Waals surface area contributed by atoms with Gasteiger partial charge in [-0.1, -0.05) is 18.2 Å². The summed E-state index contributed by atoms with van der Waals surface area (Å²) in [5, 5.41) is 9.32. The molecule has 1 atom stereocenters. The van der Waals surface area contributed by atoms with E-state index in [1.54, 1.807) is 12.4 Å². The lowest BCUT2D eigenvalue weighted by atomic mass is 9.90. The zero-order valence-electron chi connectivity index (χ0n) is 12.7. The molecule has 0 amide bonds. The molecule has 0 radical (unpaired) electrons. The molecule has 1 aliphatic rings. The van der Waals surface area contributed by atoms with E-state index in [0.29, 0.717) is 13.0 Å². The lowest BCUT2D eigenvalue weighted by Crippen LogP contribution is -2.31. The molecule has 1 aromatic heterocycles. The summed E-state index contributed by atoms with van der Waals surface area (Å²) in [6.45, 7) is 4.08. The maximum Gasteiger partial charge on any atom is 0.310 e. The van der Waals surface area contributed by atoms with Gasteiger partial charge in [0.1, 0.15) is 0 Å². The van der Waals surface area contributed by atoms with Crippen LogP contribution in [0.1, 0.15) is 18.9 Å². The van der Waals surface area contributed by atoms with E-state index in [2.05, 4.69) is 34.1 Å². The third kappa shape index (κ3) is 3.02. The number of aromatic nitrogens is 1. The van der Waals surface area contributed by atoms with Gasteiger partial charge in [-0.15, -0.1) is 0 Å². The van der Waals surface area contributed by atoms with Crippen molar-refractivity contribution in [2.24, 2.45) is 5.41 Å². The number of hydrogen-bond donors (Lipinski definition) is 1. The molecule has 4 heteroatoms. The van der Waals surface area contributed by atoms with Gasteiger partial charge in [-0.25, -0.2) is 0 Å². The van der Waals surface area contributed by atoms with Crippen molar-refractivity contribution in [2.75, 3.05) is 13.1 Å². The molecule has 1 aromatic carbocycles. The molecule has 1 saturated heterocycles. The summed E-state index contributed by atoms with van der Waals surface area (Å²) in [5.74, 6) is -0.694. The molecule has 114 valence electrons. The summed E-state index contributed by atoms with van der Waals surface area (Å²) in [5.41, 5.74) is 2.92. The van der Waals surface area contributed by atoms with Crippen molar-refractivity contribution in [2.45, 2.75) is 19.9 Å². The molecule has 2 heterocycles. The second-order valence-electron chi connectivity index (χ2n) is 6.26. The normalized spacial score (nSPS) is 21.9. The highest BCUT2D eigenvalue weighted by Gasteiger charge is 2.40. The number of likely N-dealkylation sites (tertiary alicyclic amines) is 1. The Hall–Kier alpha value is -2.20. The molecule has 0 aliphatic carbocycles. The SMILES string of the molecule is CC1(C(=O)O)CCN(Cc2cccc(-c3ccncc3)c2)C1. The predicted octanol–water partition coefficient (Wildman–Crippen LogP) is 3.05. The highest BCUT2D eigenvalue weighted by atomic mass is 16.4. The Bertz CT molecular complexity index is 672. The number of rotatable bonds is 4. The van der Waals surface area contributed by atoms with E-state index in [0.717, 1.165) is 18.7 Å². The number of benzene rings is 1. The van der Waals surface area contributed by atoms with Gasteiger partial charge in [-0.3, -0.25) is 14.7 Å². The first kappa shape index (κ1) is 14.7. The highest BCUT2D eigenvalue weighted by Crippen LogP contribution is 2.31. The quantitative estimate of drug-likeness (QED) is 0.942. The Morgan fingerprint density at radius 1 is 1.27 bits per heavy atom. The van der Waals surface area contributed by atoms with Gasteiger partial charge >= 0.3 is 5.97 Å². The van der Waals surface area contributed by atoms with Crippen molar-refractivity contribution in [3.05, 3.63) is 54.4 Å². The van der Waals surface area contributed by atoms with Crippen molar-refractivity contribution in [3.8, 4) is 11.1 Å². The fourth-order valence-corrected chi connectivity index (χ4v) is 3.02. The van der Waals surface area contributed by atoms with Crippen molar-refractivity contribution >= 4 is 5.97 Å². The van der Waals surface area contributed by atoms with Crippen LogP contribution in [-0.4, -0.2) is 34.0 Å². The van der Waals surface area contributed by atoms with Crippen LogP contribution in [-0.2, 0) is 11.3 Å². The minimum atomic E-state index is -0.694. The Balaban J connectivity index is 1.73. The van der Waals surface area contributed by atoms with Crippen molar-refractivity contribution in [1.82, 2.24) is 9.88 Å². The van der Waals surface area contributed by atoms with Crippen LogP contribution < -0.4 is 0 Å². The lowest BCUT2D eigenvalue weighted by molar-refractivity contribution is -0.147. The molecular weight excluding hydrogens is 276 g/mol. The third-order valence-corrected chi connectivity index (χ3v) is 4.42. The van der Waals surface area contributed by atoms with Crippen LogP contribution in [0.15, 0.2) is 48.8 Å². The van der Waals surface area contributed by atoms with Gasteiger partial charge in [0.2, 0.25) is 0 Å². The summed E-state index contributed by atoms with van der Waals surface area (Å²) in [7, 11) is 0. The summed E-state index contributed by atoms with van der Waals surface area (Å²) < 4.78 is 0. The molecule has 22 heavy (non-hydrogen) atoms. The number of carbonyl (C=O) groups is 1. The minimum absolute atomic E-state index is 0.608. The number of pyridine rings is 1. The van der Waals surface area contributed by atoms with Crippen LogP contribution in [0.5, 0.6) is 0 Å². The van der Waals surface area contributed by atoms with Gasteiger partial charge in [0.05, 0.1) is 5.41 Å². The van der Waals surface area contributed by atoms with Crippen LogP contribution in [0.3, 0.4) is 0 Å². The molecule has 4 nitrogen and oxygen atoms in total. The van der Waals surface area contributed by atoms with Gasteiger partial charge in [0.15, 0.2) is 0 Å². The molecule has 0 spiro atoms. The van der Waals surface area contributed by atoms with E-state index in [4.69, 9.17) is 0 Å². The van der Waals surface area contributed by atoms with Gasteiger partial charge in [0.25, 0.3) is 0 Å². The number of nitrogens with zero attached hydrogens (tertiary/aromatic N) is 2. The van der Waals surface area contributed by atoms with Gasteiger partial charge in [-0.2, -0.15) is 0 Å². The van der Waals surface area contributed by atoms with E-state index in [1.807, 2.05) is 19.1 Å². The fraction of sp³-hybridized carbons (Fsp3) is 0.333. The molecule has 1 N–H and O–H groups in total. The molecule has 0 bridgehead atoms. The summed E-state index contributed by atoms with van der Waals surface area (Å²) in [6, 6.07) is 12.4. The largest absolute Gasteiger partial charge is 0.481 e. The maximum atomic E-state index is 11.3. The van der Waals surface area contributed by atoms with Crippen LogP contribution in [0.25, 0.3) is 11.1 Å². The van der Waals surface area contributed by atoms with Crippen LogP contribution in [0, 0.1) is 5.41 Å². The van der Waals surface area contributed by atoms with E-state index in [9.17, 15) is 9.90 Å². The Kier molecular flexibility index (Phi) is 3.94. The molecule has 1 fully saturated rings. The van der Waals surface area contributed by atoms with Crippen LogP contribution >= 0.6 is 0 Å². The number of carboxylic acid groups (broad SMARTS) is 1. The molecule has 2 aromatic rings. The van der Waals surface area contributed by atoms with Gasteiger partial charge < -0.3 is 5.11 Å². The maximum absolute atomic E-state index is 11.3. The molecule has 0 saturated carbocycles. The third-order valence-electron chi connectivity index (χ3n) is 4.42. The zero-order chi connectivity index (χ0) is 15.6. The Morgan fingerprint density at radius 3 is 2.73 bits per heavy atom. The standard InChI is InChI=1S/C18H20N2O2/c1-18(17(21)22)7-10-20(13-18)12-14-3-2-4-16(11-14)15-5-8-19-9-6-15/h2-6,8-9,11H,7,10,12-13H2,1H3,(H,21,22). The van der Waals surface area contributed by atoms with Crippen molar-refractivity contribution < 1.29 is 9.90 Å². The molecule has 1 unspecified atom stereocenters. The monoisotopic (exact) mass is 296 g/mol. The van der Waals surface area contributed by atoms with Crippen molar-refractivity contribution in [3.63, 3.8) is 0 Å². The lowest BCUT2D eigenvalue weighted by Gasteiger charge is -2.20. The number of carboxylic acids is 1. The zero-order valence-corrected chi connectivity index (χ0v) is 12.7. The van der Waals surface area contributed by atoms with Crippen LogP contribution in [0.4, 0.5) is 0 Å². The van der Waals surface area contributed by atoms with E-state index < -0.39 is 11.4 Å². The topological polar surface area (TPSA) is 53.4 Å². The first-order valence-electron chi connectivity index (χ1n) is 7.52. The second kappa shape index (κ2) is 5.89. The average molecular weight is 296 g/mol. The second-order valence-corrected chi connectivity index (χ2v) is 6.26. The minimum Gasteiger partial charge on any atom is -0.481 e. The Labute approximate surface area is 130 Å². The van der Waals surface area contributed by atoms with E-state index in [-0.39, 0.29) is 0 Å². The Morgan fingerprint density at radius 2 is 2.05 bits per heavy atom. The van der Waals surface area contributed by atoms with E-state index in [1.165, 1.54) is 11.1 Å². The first-order valence-corrected chi connectivity index (χ1v) is 7.52. The van der Waals surface area contributed by atoms with Crippen molar-refractivity contribution in [1.29, 1.82) is 0 Å². The average Bonchev–Trinajstić information content (AvgIpc) is 2.91. The van der Waals surface area contributed by atoms with E-state index >= 15 is 0 Å². The highest BCUT2D eigenvalue weighted by molar-refractivity contribution is 5.74. The smallest absolute Gasteiger partial charge is 0.310 e. The molecule has 1 aliphatic heterocycles. The number of hydrogen-bond acceptors (Lipinski definition) is 3. The van der Waals surface area contributed by atoms with Gasteiger partial charge in [-0.05, 0) is 54.8 Å². The molecular formula is C18H20N2O2. The van der Waals surface area contributed by atoms with Gasteiger partial charge in [0, 0.05) is 25.5 Å². The summed E-state index contributed by atoms with van der Waals surface area (Å²) in [6.07, 6.45) is 4.30. The fourth-order valence-electron chi connectivity index (χ4n) is 3.02. The predicted molar refractivity (Wildman–Crippen MR) is 85.3 cm³/mol. The van der Waals surface area contributed by atoms with Crippen LogP contribution in [0.2, 0.25) is 0 Å². The summed E-state index contributed by atoms with van der Waals surface area (Å²) in [4.78, 5) is 17.6. The number of aliphatic carboxylic acids is 1. The first-order chi connectivity index (χ1) is 10.6. The molecule has 3 rings (SSSR count).